The molecule has 5 heteroatoms. The van der Waals surface area contributed by atoms with Gasteiger partial charge in [0.25, 0.3) is 0 Å². The van der Waals surface area contributed by atoms with E-state index in [0.29, 0.717) is 19.4 Å². The quantitative estimate of drug-likeness (QED) is 0.804. The Morgan fingerprint density at radius 1 is 1.08 bits per heavy atom. The number of nitrogens with one attached hydrogen (secondary N) is 1. The summed E-state index contributed by atoms with van der Waals surface area (Å²) in [5.74, 6) is 0.890. The van der Waals surface area contributed by atoms with Gasteiger partial charge >= 0.3 is 0 Å². The minimum atomic E-state index is 0. The van der Waals surface area contributed by atoms with Gasteiger partial charge in [-0.1, -0.05) is 36.4 Å². The lowest BCUT2D eigenvalue weighted by molar-refractivity contribution is -0.121. The van der Waals surface area contributed by atoms with E-state index in [1.54, 1.807) is 7.11 Å². The van der Waals surface area contributed by atoms with E-state index in [-0.39, 0.29) is 24.4 Å². The van der Waals surface area contributed by atoms with Crippen LogP contribution >= 0.6 is 12.4 Å². The minimum Gasteiger partial charge on any atom is -0.497 e. The highest BCUT2D eigenvalue weighted by Crippen LogP contribution is 2.22. The molecule has 3 N–H and O–H groups in total. The van der Waals surface area contributed by atoms with E-state index >= 15 is 0 Å². The van der Waals surface area contributed by atoms with Crippen LogP contribution in [0.4, 0.5) is 0 Å². The third kappa shape index (κ3) is 6.22. The van der Waals surface area contributed by atoms with Gasteiger partial charge in [-0.2, -0.15) is 0 Å². The van der Waals surface area contributed by atoms with Crippen molar-refractivity contribution in [2.45, 2.75) is 32.4 Å². The van der Waals surface area contributed by atoms with Crippen molar-refractivity contribution in [1.29, 1.82) is 0 Å². The summed E-state index contributed by atoms with van der Waals surface area (Å²) in [4.78, 5) is 11.7. The van der Waals surface area contributed by atoms with E-state index in [4.69, 9.17) is 10.5 Å². The van der Waals surface area contributed by atoms with Gasteiger partial charge in [-0.15, -0.1) is 12.4 Å². The Labute approximate surface area is 149 Å². The highest BCUT2D eigenvalue weighted by atomic mass is 35.5. The highest BCUT2D eigenvalue weighted by molar-refractivity contribution is 5.85. The number of ether oxygens (including phenoxy) is 1. The summed E-state index contributed by atoms with van der Waals surface area (Å²) in [6.07, 6.45) is 1.18. The molecule has 1 atom stereocenters. The fourth-order valence-electron chi connectivity index (χ4n) is 2.25. The van der Waals surface area contributed by atoms with E-state index in [2.05, 4.69) is 17.4 Å². The monoisotopic (exact) mass is 348 g/mol. The molecule has 2 aromatic carbocycles. The van der Waals surface area contributed by atoms with Gasteiger partial charge in [-0.3, -0.25) is 4.79 Å². The molecular weight excluding hydrogens is 324 g/mol. The van der Waals surface area contributed by atoms with E-state index in [0.717, 1.165) is 22.4 Å². The SMILES string of the molecule is COc1ccc(-c2ccc(CNC(=O)CCC(C)N)cc2)cc1.Cl. The zero-order chi connectivity index (χ0) is 16.7. The number of hydrogen-bond donors (Lipinski definition) is 2. The first-order chi connectivity index (χ1) is 11.1. The molecule has 0 heterocycles. The Kier molecular flexibility index (Phi) is 8.30. The Bertz CT molecular complexity index is 625. The van der Waals surface area contributed by atoms with Gasteiger partial charge in [0.2, 0.25) is 5.91 Å². The summed E-state index contributed by atoms with van der Waals surface area (Å²) in [5.41, 5.74) is 9.01. The molecule has 0 spiro atoms. The van der Waals surface area contributed by atoms with Gasteiger partial charge < -0.3 is 15.8 Å². The van der Waals surface area contributed by atoms with Gasteiger partial charge in [0.1, 0.15) is 5.75 Å². The van der Waals surface area contributed by atoms with Crippen LogP contribution in [0.15, 0.2) is 48.5 Å². The zero-order valence-corrected chi connectivity index (χ0v) is 14.9. The predicted octanol–water partition coefficient (Wildman–Crippen LogP) is 3.53. The Hall–Kier alpha value is -2.04. The van der Waals surface area contributed by atoms with Gasteiger partial charge in [0.05, 0.1) is 7.11 Å². The van der Waals surface area contributed by atoms with Crippen molar-refractivity contribution in [2.24, 2.45) is 5.73 Å². The van der Waals surface area contributed by atoms with Crippen LogP contribution in [0.1, 0.15) is 25.3 Å². The standard InChI is InChI=1S/C19H24N2O2.ClH/c1-14(20)3-12-19(22)21-13-15-4-6-16(7-5-15)17-8-10-18(23-2)11-9-17;/h4-11,14H,3,12-13,20H2,1-2H3,(H,21,22);1H. The summed E-state index contributed by atoms with van der Waals surface area (Å²) in [6, 6.07) is 16.2. The molecule has 24 heavy (non-hydrogen) atoms. The zero-order valence-electron chi connectivity index (χ0n) is 14.1. The number of amides is 1. The fourth-order valence-corrected chi connectivity index (χ4v) is 2.25. The second kappa shape index (κ2) is 9.96. The second-order valence-electron chi connectivity index (χ2n) is 5.72. The number of nitrogens with two attached hydrogens (primary N) is 1. The van der Waals surface area contributed by atoms with Crippen molar-refractivity contribution in [1.82, 2.24) is 5.32 Å². The molecule has 0 aliphatic rings. The molecule has 0 radical (unpaired) electrons. The van der Waals surface area contributed by atoms with Crippen LogP contribution in [0.3, 0.4) is 0 Å². The Morgan fingerprint density at radius 3 is 2.12 bits per heavy atom. The molecule has 0 saturated carbocycles. The van der Waals surface area contributed by atoms with Gasteiger partial charge in [-0.05, 0) is 42.2 Å². The maximum absolute atomic E-state index is 11.7. The summed E-state index contributed by atoms with van der Waals surface area (Å²) < 4.78 is 5.17. The predicted molar refractivity (Wildman–Crippen MR) is 100 cm³/mol. The highest BCUT2D eigenvalue weighted by Gasteiger charge is 2.04. The van der Waals surface area contributed by atoms with Crippen LogP contribution in [0.2, 0.25) is 0 Å². The number of carbonyl (C=O) groups is 1. The maximum Gasteiger partial charge on any atom is 0.220 e. The second-order valence-corrected chi connectivity index (χ2v) is 5.72. The molecule has 130 valence electrons. The average molecular weight is 349 g/mol. The molecule has 0 aliphatic heterocycles. The molecular formula is C19H25ClN2O2. The molecule has 0 saturated heterocycles. The molecule has 0 aromatic heterocycles. The van der Waals surface area contributed by atoms with Crippen LogP contribution in [-0.2, 0) is 11.3 Å². The van der Waals surface area contributed by atoms with E-state index in [1.165, 1.54) is 0 Å². The largest absolute Gasteiger partial charge is 0.497 e. The maximum atomic E-state index is 11.7. The first-order valence-electron chi connectivity index (χ1n) is 7.84. The molecule has 4 nitrogen and oxygen atoms in total. The van der Waals surface area contributed by atoms with Crippen LogP contribution in [0.5, 0.6) is 5.75 Å². The first kappa shape index (κ1) is 20.0. The van der Waals surface area contributed by atoms with E-state index in [9.17, 15) is 4.79 Å². The minimum absolute atomic E-state index is 0. The van der Waals surface area contributed by atoms with E-state index < -0.39 is 0 Å². The molecule has 2 rings (SSSR count). The van der Waals surface area contributed by atoms with Crippen LogP contribution in [0.25, 0.3) is 11.1 Å². The van der Waals surface area contributed by atoms with Crippen LogP contribution in [0, 0.1) is 0 Å². The third-order valence-corrected chi connectivity index (χ3v) is 3.69. The summed E-state index contributed by atoms with van der Waals surface area (Å²) in [6.45, 7) is 2.45. The number of benzene rings is 2. The van der Waals surface area contributed by atoms with Gasteiger partial charge in [-0.25, -0.2) is 0 Å². The summed E-state index contributed by atoms with van der Waals surface area (Å²) in [7, 11) is 1.66. The number of carbonyl (C=O) groups excluding carboxylic acids is 1. The first-order valence-corrected chi connectivity index (χ1v) is 7.84. The van der Waals surface area contributed by atoms with Crippen molar-refractivity contribution < 1.29 is 9.53 Å². The van der Waals surface area contributed by atoms with Crippen molar-refractivity contribution >= 4 is 18.3 Å². The number of halogens is 1. The third-order valence-electron chi connectivity index (χ3n) is 3.69. The molecule has 1 unspecified atom stereocenters. The topological polar surface area (TPSA) is 64.3 Å². The van der Waals surface area contributed by atoms with Gasteiger partial charge in [0, 0.05) is 19.0 Å². The molecule has 0 aliphatic carbocycles. The number of methoxy groups -OCH3 is 1. The lowest BCUT2D eigenvalue weighted by Crippen LogP contribution is -2.25. The van der Waals surface area contributed by atoms with Crippen molar-refractivity contribution in [3.63, 3.8) is 0 Å². The van der Waals surface area contributed by atoms with Crippen molar-refractivity contribution in [3.8, 4) is 16.9 Å². The van der Waals surface area contributed by atoms with E-state index in [1.807, 2.05) is 43.3 Å². The summed E-state index contributed by atoms with van der Waals surface area (Å²) in [5, 5.41) is 2.92. The molecule has 0 fully saturated rings. The van der Waals surface area contributed by atoms with Gasteiger partial charge in [0.15, 0.2) is 0 Å². The molecule has 2 aromatic rings. The van der Waals surface area contributed by atoms with Crippen molar-refractivity contribution in [2.75, 3.05) is 7.11 Å². The smallest absolute Gasteiger partial charge is 0.220 e. The molecule has 0 bridgehead atoms. The summed E-state index contributed by atoms with van der Waals surface area (Å²) >= 11 is 0. The average Bonchev–Trinajstić information content (AvgIpc) is 2.58. The Balaban J connectivity index is 0.00000288. The lowest BCUT2D eigenvalue weighted by Gasteiger charge is -2.08. The van der Waals surface area contributed by atoms with Crippen molar-refractivity contribution in [3.05, 3.63) is 54.1 Å². The number of rotatable bonds is 7. The Morgan fingerprint density at radius 2 is 1.62 bits per heavy atom. The fraction of sp³-hybridized carbons (Fsp3) is 0.316. The lowest BCUT2D eigenvalue weighted by atomic mass is 10.0. The van der Waals surface area contributed by atoms with Crippen LogP contribution in [-0.4, -0.2) is 19.1 Å². The normalized spacial score (nSPS) is 11.3. The van der Waals surface area contributed by atoms with Crippen LogP contribution < -0.4 is 15.8 Å². The molecule has 1 amide bonds. The number of hydrogen-bond acceptors (Lipinski definition) is 3.